The first-order valence-corrected chi connectivity index (χ1v) is 8.42. The molecule has 0 amide bonds. The number of benzene rings is 1. The molecule has 0 aromatic heterocycles. The van der Waals surface area contributed by atoms with Crippen molar-refractivity contribution < 1.29 is 8.42 Å². The van der Waals surface area contributed by atoms with Gasteiger partial charge in [0, 0.05) is 18.2 Å². The summed E-state index contributed by atoms with van der Waals surface area (Å²) in [6.07, 6.45) is 0. The molecule has 0 saturated carbocycles. The van der Waals surface area contributed by atoms with Crippen molar-refractivity contribution in [2.45, 2.75) is 25.5 Å². The second-order valence-electron chi connectivity index (χ2n) is 6.01. The Bertz CT molecular complexity index is 596. The number of anilines is 1. The monoisotopic (exact) mass is 297 g/mol. The van der Waals surface area contributed by atoms with Crippen molar-refractivity contribution in [1.82, 2.24) is 4.72 Å². The van der Waals surface area contributed by atoms with E-state index < -0.39 is 10.0 Å². The van der Waals surface area contributed by atoms with Crippen LogP contribution in [0.15, 0.2) is 18.2 Å². The molecule has 1 aromatic rings. The fourth-order valence-corrected chi connectivity index (χ4v) is 3.37. The average molecular weight is 297 g/mol. The van der Waals surface area contributed by atoms with E-state index in [2.05, 4.69) is 23.9 Å². The highest BCUT2D eigenvalue weighted by molar-refractivity contribution is 7.88. The first kappa shape index (κ1) is 15.3. The van der Waals surface area contributed by atoms with Gasteiger partial charge in [0.1, 0.15) is 0 Å². The van der Waals surface area contributed by atoms with Gasteiger partial charge < -0.3 is 11.1 Å². The lowest BCUT2D eigenvalue weighted by molar-refractivity contribution is 0.312. The Hall–Kier alpha value is -1.11. The summed E-state index contributed by atoms with van der Waals surface area (Å²) < 4.78 is 25.7. The number of hydrogen-bond acceptors (Lipinski definition) is 4. The Morgan fingerprint density at radius 2 is 2.15 bits per heavy atom. The summed E-state index contributed by atoms with van der Waals surface area (Å²) >= 11 is 0. The van der Waals surface area contributed by atoms with Crippen LogP contribution in [0.1, 0.15) is 30.9 Å². The van der Waals surface area contributed by atoms with E-state index in [1.165, 1.54) is 12.6 Å². The van der Waals surface area contributed by atoms with Gasteiger partial charge in [-0.2, -0.15) is 0 Å². The Morgan fingerprint density at radius 1 is 1.45 bits per heavy atom. The van der Waals surface area contributed by atoms with Gasteiger partial charge in [-0.05, 0) is 36.2 Å². The van der Waals surface area contributed by atoms with Crippen molar-refractivity contribution in [2.24, 2.45) is 11.1 Å². The first-order chi connectivity index (χ1) is 9.29. The van der Waals surface area contributed by atoms with Crippen LogP contribution in [-0.2, 0) is 15.8 Å². The van der Waals surface area contributed by atoms with E-state index >= 15 is 0 Å². The molecule has 0 saturated heterocycles. The third-order valence-corrected chi connectivity index (χ3v) is 5.46. The lowest BCUT2D eigenvalue weighted by Crippen LogP contribution is -2.32. The minimum Gasteiger partial charge on any atom is -0.384 e. The van der Waals surface area contributed by atoms with Crippen molar-refractivity contribution in [3.05, 3.63) is 29.3 Å². The summed E-state index contributed by atoms with van der Waals surface area (Å²) in [7, 11) is -1.81. The van der Waals surface area contributed by atoms with E-state index in [9.17, 15) is 8.42 Å². The lowest BCUT2D eigenvalue weighted by Gasteiger charge is -2.30. The second kappa shape index (κ2) is 5.35. The molecule has 20 heavy (non-hydrogen) atoms. The molecule has 0 radical (unpaired) electrons. The maximum Gasteiger partial charge on any atom is 0.215 e. The summed E-state index contributed by atoms with van der Waals surface area (Å²) in [6, 6.07) is 5.81. The van der Waals surface area contributed by atoms with Crippen molar-refractivity contribution in [3.8, 4) is 0 Å². The van der Waals surface area contributed by atoms with E-state index in [-0.39, 0.29) is 11.2 Å². The van der Waals surface area contributed by atoms with Crippen LogP contribution in [0.3, 0.4) is 0 Å². The molecule has 1 aliphatic heterocycles. The van der Waals surface area contributed by atoms with E-state index in [0.717, 1.165) is 17.8 Å². The molecule has 1 aliphatic rings. The van der Waals surface area contributed by atoms with Crippen LogP contribution in [0.5, 0.6) is 0 Å². The summed E-state index contributed by atoms with van der Waals surface area (Å²) in [5.74, 6) is 0.312. The molecule has 112 valence electrons. The highest BCUT2D eigenvalue weighted by Crippen LogP contribution is 2.42. The summed E-state index contributed by atoms with van der Waals surface area (Å²) in [4.78, 5) is 0. The largest absolute Gasteiger partial charge is 0.384 e. The van der Waals surface area contributed by atoms with Crippen molar-refractivity contribution in [2.75, 3.05) is 25.5 Å². The van der Waals surface area contributed by atoms with Gasteiger partial charge in [0.2, 0.25) is 10.0 Å². The maximum absolute atomic E-state index is 11.7. The van der Waals surface area contributed by atoms with Crippen LogP contribution in [0.25, 0.3) is 0 Å². The number of nitrogens with one attached hydrogen (secondary N) is 2. The third-order valence-electron chi connectivity index (χ3n) is 4.13. The molecule has 4 N–H and O–H groups in total. The van der Waals surface area contributed by atoms with Gasteiger partial charge in [-0.15, -0.1) is 0 Å². The molecule has 0 bridgehead atoms. The van der Waals surface area contributed by atoms with Crippen LogP contribution < -0.4 is 15.8 Å². The van der Waals surface area contributed by atoms with Gasteiger partial charge in [-0.3, -0.25) is 0 Å². The second-order valence-corrected chi connectivity index (χ2v) is 7.94. The molecule has 2 rings (SSSR count). The average Bonchev–Trinajstić information content (AvgIpc) is 2.82. The van der Waals surface area contributed by atoms with Gasteiger partial charge in [0.05, 0.1) is 5.75 Å². The number of rotatable bonds is 5. The highest BCUT2D eigenvalue weighted by Gasteiger charge is 2.34. The molecule has 0 fully saturated rings. The van der Waals surface area contributed by atoms with Crippen LogP contribution >= 0.6 is 0 Å². The molecule has 1 heterocycles. The molecule has 0 aliphatic carbocycles. The van der Waals surface area contributed by atoms with Crippen molar-refractivity contribution in [1.29, 1.82) is 0 Å². The van der Waals surface area contributed by atoms with Gasteiger partial charge in [-0.25, -0.2) is 13.1 Å². The fourth-order valence-electron chi connectivity index (χ4n) is 2.60. The van der Waals surface area contributed by atoms with E-state index in [4.69, 9.17) is 5.73 Å². The standard InChI is InChI=1S/C14H23N3O2S/c1-14(2,9-15)12-7-17-13-5-4-10(6-11(12)13)8-20(18,19)16-3/h4-6,12,16-17H,7-9,15H2,1-3H3. The topological polar surface area (TPSA) is 84.2 Å². The van der Waals surface area contributed by atoms with E-state index in [1.54, 1.807) is 0 Å². The lowest BCUT2D eigenvalue weighted by atomic mass is 9.76. The molecular weight excluding hydrogens is 274 g/mol. The van der Waals surface area contributed by atoms with Gasteiger partial charge in [0.15, 0.2) is 0 Å². The summed E-state index contributed by atoms with van der Waals surface area (Å²) in [5, 5.41) is 3.37. The Kier molecular flexibility index (Phi) is 4.09. The molecule has 6 heteroatoms. The van der Waals surface area contributed by atoms with E-state index in [1.807, 2.05) is 18.2 Å². The van der Waals surface area contributed by atoms with E-state index in [0.29, 0.717) is 12.5 Å². The van der Waals surface area contributed by atoms with Crippen molar-refractivity contribution in [3.63, 3.8) is 0 Å². The molecule has 5 nitrogen and oxygen atoms in total. The predicted molar refractivity (Wildman–Crippen MR) is 82.2 cm³/mol. The highest BCUT2D eigenvalue weighted by atomic mass is 32.2. The number of hydrogen-bond donors (Lipinski definition) is 3. The normalized spacial score (nSPS) is 18.7. The Balaban J connectivity index is 2.34. The zero-order valence-corrected chi connectivity index (χ0v) is 13.0. The SMILES string of the molecule is CNS(=O)(=O)Cc1ccc2c(c1)C(C(C)(C)CN)CN2. The quantitative estimate of drug-likeness (QED) is 0.763. The zero-order chi connectivity index (χ0) is 15.0. The Labute approximate surface area is 121 Å². The van der Waals surface area contributed by atoms with Gasteiger partial charge in [-0.1, -0.05) is 26.0 Å². The molecule has 1 aromatic carbocycles. The van der Waals surface area contributed by atoms with Crippen LogP contribution in [0.4, 0.5) is 5.69 Å². The minimum absolute atomic E-state index is 0.00650. The number of nitrogens with two attached hydrogens (primary N) is 1. The van der Waals surface area contributed by atoms with Gasteiger partial charge in [0.25, 0.3) is 0 Å². The van der Waals surface area contributed by atoms with Crippen LogP contribution in [0, 0.1) is 5.41 Å². The number of fused-ring (bicyclic) bond motifs is 1. The maximum atomic E-state index is 11.7. The van der Waals surface area contributed by atoms with Gasteiger partial charge >= 0.3 is 0 Å². The Morgan fingerprint density at radius 3 is 2.75 bits per heavy atom. The minimum atomic E-state index is -3.24. The summed E-state index contributed by atoms with van der Waals surface area (Å²) in [5.41, 5.74) is 8.92. The summed E-state index contributed by atoms with van der Waals surface area (Å²) in [6.45, 7) is 5.73. The first-order valence-electron chi connectivity index (χ1n) is 6.77. The fraction of sp³-hybridized carbons (Fsp3) is 0.571. The zero-order valence-electron chi connectivity index (χ0n) is 12.2. The van der Waals surface area contributed by atoms with Crippen molar-refractivity contribution >= 4 is 15.7 Å². The molecular formula is C14H23N3O2S. The molecule has 1 unspecified atom stereocenters. The van der Waals surface area contributed by atoms with Crippen LogP contribution in [-0.4, -0.2) is 28.6 Å². The third kappa shape index (κ3) is 2.97. The number of sulfonamides is 1. The molecule has 1 atom stereocenters. The predicted octanol–water partition coefficient (Wildman–Crippen LogP) is 1.23. The van der Waals surface area contributed by atoms with Crippen LogP contribution in [0.2, 0.25) is 0 Å². The smallest absolute Gasteiger partial charge is 0.215 e. The molecule has 0 spiro atoms.